The molecule has 2 aromatic carbocycles. The number of benzene rings is 2. The number of carbonyl (C=O) groups excluding carboxylic acids is 1. The van der Waals surface area contributed by atoms with Gasteiger partial charge in [-0.25, -0.2) is 0 Å². The lowest BCUT2D eigenvalue weighted by Gasteiger charge is -2.10. The van der Waals surface area contributed by atoms with Gasteiger partial charge in [0, 0.05) is 16.6 Å². The van der Waals surface area contributed by atoms with E-state index in [0.29, 0.717) is 27.8 Å². The number of anilines is 1. The molecule has 0 fully saturated rings. The molecule has 20 heavy (non-hydrogen) atoms. The van der Waals surface area contributed by atoms with Crippen LogP contribution < -0.4 is 11.1 Å². The average molecular weight is 374 g/mol. The molecule has 0 saturated carbocycles. The first-order chi connectivity index (χ1) is 9.51. The summed E-state index contributed by atoms with van der Waals surface area (Å²) >= 11 is 15.4. The fraction of sp³-hybridized carbons (Fsp3) is 0.0714. The van der Waals surface area contributed by atoms with E-state index in [0.717, 1.165) is 10.0 Å². The molecule has 2 aromatic rings. The van der Waals surface area contributed by atoms with E-state index in [1.807, 2.05) is 0 Å². The van der Waals surface area contributed by atoms with Crippen LogP contribution in [0.25, 0.3) is 0 Å². The summed E-state index contributed by atoms with van der Waals surface area (Å²) in [5.74, 6) is -0.278. The van der Waals surface area contributed by atoms with Crippen molar-refractivity contribution >= 4 is 50.7 Å². The van der Waals surface area contributed by atoms with Crippen LogP contribution in [0, 0.1) is 0 Å². The summed E-state index contributed by atoms with van der Waals surface area (Å²) in [4.78, 5) is 12.1. The highest BCUT2D eigenvalue weighted by atomic mass is 79.9. The average Bonchev–Trinajstić information content (AvgIpc) is 2.42. The minimum atomic E-state index is -0.278. The predicted molar refractivity (Wildman–Crippen MR) is 86.4 cm³/mol. The van der Waals surface area contributed by atoms with Crippen molar-refractivity contribution in [3.8, 4) is 0 Å². The standard InChI is InChI=1S/C14H11BrCl2N2O/c15-10-5-11(16)13(12(17)6-10)19-14(20)9-3-1-8(7-18)2-4-9/h1-6H,7,18H2,(H,19,20). The summed E-state index contributed by atoms with van der Waals surface area (Å²) in [5.41, 5.74) is 7.38. The van der Waals surface area contributed by atoms with Crippen molar-refractivity contribution in [3.63, 3.8) is 0 Å². The molecule has 2 rings (SSSR count). The number of carbonyl (C=O) groups is 1. The number of amides is 1. The van der Waals surface area contributed by atoms with E-state index >= 15 is 0 Å². The summed E-state index contributed by atoms with van der Waals surface area (Å²) in [6.07, 6.45) is 0. The lowest BCUT2D eigenvalue weighted by molar-refractivity contribution is 0.102. The Balaban J connectivity index is 2.23. The van der Waals surface area contributed by atoms with Gasteiger partial charge >= 0.3 is 0 Å². The Morgan fingerprint density at radius 2 is 1.70 bits per heavy atom. The predicted octanol–water partition coefficient (Wildman–Crippen LogP) is 4.47. The Kier molecular flexibility index (Phi) is 5.05. The minimum absolute atomic E-state index is 0.278. The molecule has 0 bridgehead atoms. The molecular formula is C14H11BrCl2N2O. The van der Waals surface area contributed by atoms with Crippen LogP contribution in [0.4, 0.5) is 5.69 Å². The van der Waals surface area contributed by atoms with Gasteiger partial charge in [-0.2, -0.15) is 0 Å². The van der Waals surface area contributed by atoms with E-state index in [2.05, 4.69) is 21.2 Å². The van der Waals surface area contributed by atoms with Crippen LogP contribution in [-0.2, 0) is 6.54 Å². The second kappa shape index (κ2) is 6.59. The van der Waals surface area contributed by atoms with Gasteiger partial charge in [0.2, 0.25) is 0 Å². The Morgan fingerprint density at radius 3 is 2.20 bits per heavy atom. The molecule has 0 aromatic heterocycles. The Morgan fingerprint density at radius 1 is 1.15 bits per heavy atom. The van der Waals surface area contributed by atoms with Crippen LogP contribution in [0.1, 0.15) is 15.9 Å². The van der Waals surface area contributed by atoms with Gasteiger partial charge in [-0.1, -0.05) is 51.3 Å². The number of rotatable bonds is 3. The van der Waals surface area contributed by atoms with Gasteiger partial charge in [0.1, 0.15) is 0 Å². The molecule has 0 aliphatic carbocycles. The normalized spacial score (nSPS) is 10.4. The molecule has 0 spiro atoms. The zero-order chi connectivity index (χ0) is 14.7. The van der Waals surface area contributed by atoms with Gasteiger partial charge in [0.05, 0.1) is 15.7 Å². The monoisotopic (exact) mass is 372 g/mol. The highest BCUT2D eigenvalue weighted by Gasteiger charge is 2.12. The van der Waals surface area contributed by atoms with E-state index in [1.165, 1.54) is 0 Å². The summed E-state index contributed by atoms with van der Waals surface area (Å²) < 4.78 is 0.748. The molecule has 0 unspecified atom stereocenters. The quantitative estimate of drug-likeness (QED) is 0.833. The van der Waals surface area contributed by atoms with Crippen LogP contribution in [0.15, 0.2) is 40.9 Å². The molecule has 0 aliphatic heterocycles. The fourth-order valence-electron chi connectivity index (χ4n) is 1.64. The van der Waals surface area contributed by atoms with Crippen LogP contribution >= 0.6 is 39.1 Å². The highest BCUT2D eigenvalue weighted by molar-refractivity contribution is 9.10. The first kappa shape index (κ1) is 15.3. The maximum Gasteiger partial charge on any atom is 0.255 e. The molecule has 6 heteroatoms. The van der Waals surface area contributed by atoms with Crippen molar-refractivity contribution in [2.45, 2.75) is 6.54 Å². The number of halogens is 3. The van der Waals surface area contributed by atoms with Crippen molar-refractivity contribution in [3.05, 3.63) is 62.0 Å². The number of hydrogen-bond donors (Lipinski definition) is 2. The van der Waals surface area contributed by atoms with Crippen molar-refractivity contribution in [2.75, 3.05) is 5.32 Å². The lowest BCUT2D eigenvalue weighted by Crippen LogP contribution is -2.12. The van der Waals surface area contributed by atoms with Crippen LogP contribution in [-0.4, -0.2) is 5.91 Å². The third-order valence-corrected chi connectivity index (χ3v) is 3.75. The van der Waals surface area contributed by atoms with Crippen molar-refractivity contribution < 1.29 is 4.79 Å². The van der Waals surface area contributed by atoms with Crippen molar-refractivity contribution in [1.82, 2.24) is 0 Å². The first-order valence-electron chi connectivity index (χ1n) is 5.76. The molecule has 0 aliphatic rings. The van der Waals surface area contributed by atoms with Gasteiger partial charge in [0.15, 0.2) is 0 Å². The summed E-state index contributed by atoms with van der Waals surface area (Å²) in [6.45, 7) is 0.437. The molecule has 3 nitrogen and oxygen atoms in total. The molecule has 0 atom stereocenters. The van der Waals surface area contributed by atoms with Crippen molar-refractivity contribution in [2.24, 2.45) is 5.73 Å². The number of nitrogens with one attached hydrogen (secondary N) is 1. The van der Waals surface area contributed by atoms with E-state index in [1.54, 1.807) is 36.4 Å². The van der Waals surface area contributed by atoms with Crippen LogP contribution in [0.5, 0.6) is 0 Å². The van der Waals surface area contributed by atoms with E-state index in [-0.39, 0.29) is 5.91 Å². The molecule has 0 saturated heterocycles. The molecule has 3 N–H and O–H groups in total. The van der Waals surface area contributed by atoms with Gasteiger partial charge in [-0.3, -0.25) is 4.79 Å². The summed E-state index contributed by atoms with van der Waals surface area (Å²) in [7, 11) is 0. The largest absolute Gasteiger partial charge is 0.326 e. The van der Waals surface area contributed by atoms with E-state index < -0.39 is 0 Å². The molecule has 0 radical (unpaired) electrons. The van der Waals surface area contributed by atoms with E-state index in [9.17, 15) is 4.79 Å². The van der Waals surface area contributed by atoms with Gasteiger partial charge in [-0.15, -0.1) is 0 Å². The number of nitrogens with two attached hydrogens (primary N) is 1. The Bertz CT molecular complexity index is 621. The van der Waals surface area contributed by atoms with Crippen LogP contribution in [0.2, 0.25) is 10.0 Å². The first-order valence-corrected chi connectivity index (χ1v) is 7.31. The minimum Gasteiger partial charge on any atom is -0.326 e. The van der Waals surface area contributed by atoms with Gasteiger partial charge in [-0.05, 0) is 29.8 Å². The van der Waals surface area contributed by atoms with Gasteiger partial charge < -0.3 is 11.1 Å². The Hall–Kier alpha value is -1.07. The SMILES string of the molecule is NCc1ccc(C(=O)Nc2c(Cl)cc(Br)cc2Cl)cc1. The molecular weight excluding hydrogens is 363 g/mol. The zero-order valence-corrected chi connectivity index (χ0v) is 13.4. The van der Waals surface area contributed by atoms with Crippen molar-refractivity contribution in [1.29, 1.82) is 0 Å². The van der Waals surface area contributed by atoms with E-state index in [4.69, 9.17) is 28.9 Å². The molecule has 0 heterocycles. The fourth-order valence-corrected chi connectivity index (χ4v) is 2.94. The maximum atomic E-state index is 12.1. The molecule has 104 valence electrons. The smallest absolute Gasteiger partial charge is 0.255 e. The highest BCUT2D eigenvalue weighted by Crippen LogP contribution is 2.34. The molecule has 1 amide bonds. The van der Waals surface area contributed by atoms with Gasteiger partial charge in [0.25, 0.3) is 5.91 Å². The second-order valence-corrected chi connectivity index (χ2v) is 5.83. The third-order valence-electron chi connectivity index (χ3n) is 2.70. The third kappa shape index (κ3) is 3.52. The maximum absolute atomic E-state index is 12.1. The second-order valence-electron chi connectivity index (χ2n) is 4.10. The number of hydrogen-bond acceptors (Lipinski definition) is 2. The zero-order valence-electron chi connectivity index (χ0n) is 10.3. The lowest BCUT2D eigenvalue weighted by atomic mass is 10.1. The topological polar surface area (TPSA) is 55.1 Å². The van der Waals surface area contributed by atoms with Crippen LogP contribution in [0.3, 0.4) is 0 Å². The summed E-state index contributed by atoms with van der Waals surface area (Å²) in [5, 5.41) is 3.45. The Labute approximate surface area is 135 Å². The summed E-state index contributed by atoms with van der Waals surface area (Å²) in [6, 6.07) is 10.4.